The monoisotopic (exact) mass is 542 g/mol. The maximum absolute atomic E-state index is 13.6. The predicted molar refractivity (Wildman–Crippen MR) is 148 cm³/mol. The van der Waals surface area contributed by atoms with Crippen molar-refractivity contribution in [1.82, 2.24) is 14.5 Å². The Morgan fingerprint density at radius 2 is 1.77 bits per heavy atom. The quantitative estimate of drug-likeness (QED) is 0.224. The lowest BCUT2D eigenvalue weighted by atomic mass is 9.95. The minimum Gasteiger partial charge on any atom is -0.354 e. The molecule has 1 saturated carbocycles. The van der Waals surface area contributed by atoms with Crippen molar-refractivity contribution in [3.05, 3.63) is 107 Å². The highest BCUT2D eigenvalue weighted by molar-refractivity contribution is 6.04. The molecule has 6 nitrogen and oxygen atoms in total. The number of carbonyl (C=O) groups is 1. The van der Waals surface area contributed by atoms with Gasteiger partial charge in [0.25, 0.3) is 5.56 Å². The van der Waals surface area contributed by atoms with E-state index in [4.69, 9.17) is 0 Å². The van der Waals surface area contributed by atoms with Crippen LogP contribution in [0.1, 0.15) is 36.8 Å². The van der Waals surface area contributed by atoms with Crippen molar-refractivity contribution in [3.63, 3.8) is 0 Å². The molecular formula is C31H25F3N4O2. The van der Waals surface area contributed by atoms with Gasteiger partial charge in [0, 0.05) is 36.0 Å². The van der Waals surface area contributed by atoms with E-state index in [1.807, 2.05) is 42.6 Å². The molecular weight excluding hydrogens is 517 g/mol. The smallest absolute Gasteiger partial charge is 0.260 e. The highest BCUT2D eigenvalue weighted by Crippen LogP contribution is 2.39. The first-order valence-corrected chi connectivity index (χ1v) is 13.0. The van der Waals surface area contributed by atoms with Gasteiger partial charge >= 0.3 is 0 Å². The highest BCUT2D eigenvalue weighted by atomic mass is 19.3. The second-order valence-corrected chi connectivity index (χ2v) is 9.94. The molecule has 2 N–H and O–H groups in total. The van der Waals surface area contributed by atoms with Crippen LogP contribution in [0, 0.1) is 5.82 Å². The van der Waals surface area contributed by atoms with Crippen molar-refractivity contribution >= 4 is 22.6 Å². The van der Waals surface area contributed by atoms with Gasteiger partial charge in [-0.25, -0.2) is 18.2 Å². The largest absolute Gasteiger partial charge is 0.354 e. The Labute approximate surface area is 227 Å². The Morgan fingerprint density at radius 3 is 2.48 bits per heavy atom. The van der Waals surface area contributed by atoms with Gasteiger partial charge in [-0.05, 0) is 54.3 Å². The molecule has 9 heteroatoms. The van der Waals surface area contributed by atoms with Crippen LogP contribution in [0.5, 0.6) is 0 Å². The van der Waals surface area contributed by atoms with E-state index in [1.54, 1.807) is 16.7 Å². The van der Waals surface area contributed by atoms with Gasteiger partial charge in [-0.1, -0.05) is 42.5 Å². The van der Waals surface area contributed by atoms with Crippen LogP contribution < -0.4 is 10.9 Å². The van der Waals surface area contributed by atoms with E-state index in [-0.39, 0.29) is 23.0 Å². The van der Waals surface area contributed by atoms with E-state index in [9.17, 15) is 22.8 Å². The number of rotatable bonds is 8. The first kappa shape index (κ1) is 25.6. The van der Waals surface area contributed by atoms with Gasteiger partial charge in [0.2, 0.25) is 12.3 Å². The molecule has 0 saturated heterocycles. The Balaban J connectivity index is 1.40. The summed E-state index contributed by atoms with van der Waals surface area (Å²) in [5.41, 5.74) is 3.82. The number of hydrogen-bond acceptors (Lipinski definition) is 3. The molecule has 0 bridgehead atoms. The third-order valence-electron chi connectivity index (χ3n) is 7.18. The number of nitrogens with zero attached hydrogens (tertiary/aromatic N) is 2. The topological polar surface area (TPSA) is 79.8 Å². The average Bonchev–Trinajstić information content (AvgIpc) is 3.72. The highest BCUT2D eigenvalue weighted by Gasteiger charge is 2.28. The lowest BCUT2D eigenvalue weighted by molar-refractivity contribution is -0.118. The Hall–Kier alpha value is -4.66. The number of nitrogens with one attached hydrogen (secondary N) is 2. The molecule has 3 aromatic heterocycles. The van der Waals surface area contributed by atoms with E-state index in [0.717, 1.165) is 36.1 Å². The average molecular weight is 543 g/mol. The maximum Gasteiger partial charge on any atom is 0.260 e. The molecule has 1 aliphatic rings. The van der Waals surface area contributed by atoms with Crippen LogP contribution in [0.25, 0.3) is 33.3 Å². The number of hydrogen-bond donors (Lipinski definition) is 2. The predicted octanol–water partition coefficient (Wildman–Crippen LogP) is 6.91. The number of aromatic amines is 1. The number of pyridine rings is 2. The first-order chi connectivity index (χ1) is 19.4. The van der Waals surface area contributed by atoms with Crippen molar-refractivity contribution in [2.75, 3.05) is 5.32 Å². The summed E-state index contributed by atoms with van der Waals surface area (Å²) in [6, 6.07) is 20.0. The van der Waals surface area contributed by atoms with Crippen LogP contribution in [0.15, 0.2) is 90.0 Å². The van der Waals surface area contributed by atoms with Crippen molar-refractivity contribution in [2.45, 2.75) is 37.6 Å². The molecule has 1 amide bonds. The number of anilines is 1. The van der Waals surface area contributed by atoms with Crippen molar-refractivity contribution in [1.29, 1.82) is 0 Å². The first-order valence-electron chi connectivity index (χ1n) is 13.0. The summed E-state index contributed by atoms with van der Waals surface area (Å²) in [7, 11) is 0. The van der Waals surface area contributed by atoms with Crippen LogP contribution >= 0.6 is 0 Å². The number of carbonyl (C=O) groups excluding carboxylic acids is 1. The zero-order valence-corrected chi connectivity index (χ0v) is 21.3. The normalized spacial score (nSPS) is 14.0. The second kappa shape index (κ2) is 10.5. The van der Waals surface area contributed by atoms with E-state index >= 15 is 0 Å². The van der Waals surface area contributed by atoms with Gasteiger partial charge in [0.15, 0.2) is 0 Å². The molecule has 2 aromatic carbocycles. The zero-order chi connectivity index (χ0) is 27.8. The minimum atomic E-state index is -2.74. The fourth-order valence-electron chi connectivity index (χ4n) is 5.10. The number of alkyl halides is 2. The Bertz CT molecular complexity index is 1740. The standard InChI is InChI=1S/C31H25F3N4O2/c32-21-8-6-18(7-9-21)23(17-25(33)34)30(39)37-26-16-20(12-14-35-26)29-27(19-4-2-1-3-5-19)28-24(36-29)13-15-38(31(28)40)22-10-11-22/h1-9,12-16,22-23,25,36H,10-11,17H2,(H,35,37,39)/t23-/m0/s1. The maximum atomic E-state index is 13.6. The number of H-pyrrole nitrogens is 1. The summed E-state index contributed by atoms with van der Waals surface area (Å²) in [4.78, 5) is 34.3. The Kier molecular flexibility index (Phi) is 6.71. The van der Waals surface area contributed by atoms with Crippen LogP contribution in [0.3, 0.4) is 0 Å². The molecule has 40 heavy (non-hydrogen) atoms. The van der Waals surface area contributed by atoms with Crippen LogP contribution in [-0.2, 0) is 4.79 Å². The van der Waals surface area contributed by atoms with Crippen molar-refractivity contribution in [2.24, 2.45) is 0 Å². The molecule has 6 rings (SSSR count). The van der Waals surface area contributed by atoms with Crippen molar-refractivity contribution in [3.8, 4) is 22.4 Å². The fourth-order valence-corrected chi connectivity index (χ4v) is 5.10. The number of aromatic nitrogens is 3. The summed E-state index contributed by atoms with van der Waals surface area (Å²) in [6.07, 6.45) is 1.81. The Morgan fingerprint density at radius 1 is 1.02 bits per heavy atom. The molecule has 1 fully saturated rings. The number of amides is 1. The van der Waals surface area contributed by atoms with Gasteiger partial charge in [-0.15, -0.1) is 0 Å². The molecule has 202 valence electrons. The molecule has 5 aromatic rings. The molecule has 3 heterocycles. The molecule has 1 atom stereocenters. The molecule has 0 spiro atoms. The van der Waals surface area contributed by atoms with Crippen molar-refractivity contribution < 1.29 is 18.0 Å². The summed E-state index contributed by atoms with van der Waals surface area (Å²) in [6.45, 7) is 0. The van der Waals surface area contributed by atoms with Gasteiger partial charge in [0.1, 0.15) is 11.6 Å². The molecule has 0 unspecified atom stereocenters. The zero-order valence-electron chi connectivity index (χ0n) is 21.3. The van der Waals surface area contributed by atoms with E-state index in [0.29, 0.717) is 22.2 Å². The molecule has 1 aliphatic carbocycles. The van der Waals surface area contributed by atoms with Gasteiger partial charge in [0.05, 0.1) is 22.5 Å². The van der Waals surface area contributed by atoms with Crippen LogP contribution in [0.4, 0.5) is 19.0 Å². The molecule has 0 aliphatic heterocycles. The fraction of sp³-hybridized carbons (Fsp3) is 0.194. The number of fused-ring (bicyclic) bond motifs is 1. The SMILES string of the molecule is O=C(Nc1cc(-c2[nH]c3ccn(C4CC4)c(=O)c3c2-c2ccccc2)ccn1)[C@@H](CC(F)F)c1ccc(F)cc1. The number of halogens is 3. The summed E-state index contributed by atoms with van der Waals surface area (Å²) in [5, 5.41) is 3.23. The molecule has 0 radical (unpaired) electrons. The third kappa shape index (κ3) is 5.02. The van der Waals surface area contributed by atoms with Crippen LogP contribution in [0.2, 0.25) is 0 Å². The lowest BCUT2D eigenvalue weighted by Gasteiger charge is -2.17. The van der Waals surface area contributed by atoms with Gasteiger partial charge < -0.3 is 14.9 Å². The summed E-state index contributed by atoms with van der Waals surface area (Å²) < 4.78 is 41.9. The van der Waals surface area contributed by atoms with Crippen LogP contribution in [-0.4, -0.2) is 26.9 Å². The van der Waals surface area contributed by atoms with Gasteiger partial charge in [-0.3, -0.25) is 9.59 Å². The second-order valence-electron chi connectivity index (χ2n) is 9.94. The number of benzene rings is 2. The summed E-state index contributed by atoms with van der Waals surface area (Å²) >= 11 is 0. The van der Waals surface area contributed by atoms with E-state index in [1.165, 1.54) is 18.3 Å². The van der Waals surface area contributed by atoms with E-state index in [2.05, 4.69) is 15.3 Å². The minimum absolute atomic E-state index is 0.0712. The third-order valence-corrected chi connectivity index (χ3v) is 7.18. The summed E-state index contributed by atoms with van der Waals surface area (Å²) in [5.74, 6) is -2.23. The van der Waals surface area contributed by atoms with E-state index < -0.39 is 30.5 Å². The van der Waals surface area contributed by atoms with Gasteiger partial charge in [-0.2, -0.15) is 0 Å². The lowest BCUT2D eigenvalue weighted by Crippen LogP contribution is -2.23.